The molecule has 0 bridgehead atoms. The van der Waals surface area contributed by atoms with Crippen LogP contribution < -0.4 is 0 Å². The zero-order valence-corrected chi connectivity index (χ0v) is 9.96. The predicted octanol–water partition coefficient (Wildman–Crippen LogP) is 3.90. The number of rotatable bonds is 2. The minimum atomic E-state index is 0.233. The Morgan fingerprint density at radius 3 is 1.85 bits per heavy atom. The van der Waals surface area contributed by atoms with Crippen molar-refractivity contribution in [1.29, 1.82) is 0 Å². The van der Waals surface area contributed by atoms with Gasteiger partial charge in [0.2, 0.25) is 0 Å². The maximum Gasteiger partial charge on any atom is 0.0349 e. The van der Waals surface area contributed by atoms with Crippen LogP contribution in [-0.4, -0.2) is 6.26 Å². The van der Waals surface area contributed by atoms with Gasteiger partial charge in [0, 0.05) is 4.75 Å². The maximum atomic E-state index is 2.28. The minimum Gasteiger partial charge on any atom is -0.154 e. The molecule has 0 heterocycles. The fourth-order valence-corrected chi connectivity index (χ4v) is 1.79. The summed E-state index contributed by atoms with van der Waals surface area (Å²) < 4.78 is 0.233. The van der Waals surface area contributed by atoms with Crippen molar-refractivity contribution >= 4 is 11.8 Å². The predicted molar refractivity (Wildman–Crippen MR) is 62.5 cm³/mol. The van der Waals surface area contributed by atoms with Gasteiger partial charge in [-0.15, -0.1) is 0 Å². The Morgan fingerprint density at radius 2 is 1.46 bits per heavy atom. The lowest BCUT2D eigenvalue weighted by atomic mass is 9.98. The Kier molecular flexibility index (Phi) is 3.07. The van der Waals surface area contributed by atoms with E-state index in [0.717, 1.165) is 0 Å². The van der Waals surface area contributed by atoms with E-state index < -0.39 is 0 Å². The normalized spacial score (nSPS) is 11.8. The maximum absolute atomic E-state index is 2.28. The molecule has 0 aliphatic carbocycles. The number of thioether (sulfide) groups is 1. The van der Waals surface area contributed by atoms with E-state index >= 15 is 0 Å². The first kappa shape index (κ1) is 10.6. The van der Waals surface area contributed by atoms with Gasteiger partial charge in [-0.3, -0.25) is 0 Å². The van der Waals surface area contributed by atoms with Gasteiger partial charge in [-0.05, 0) is 39.5 Å². The second kappa shape index (κ2) is 3.75. The van der Waals surface area contributed by atoms with Crippen LogP contribution in [0.2, 0.25) is 0 Å². The molecule has 0 saturated carbocycles. The summed E-state index contributed by atoms with van der Waals surface area (Å²) in [6, 6.07) is 6.78. The van der Waals surface area contributed by atoms with Crippen molar-refractivity contribution in [3.63, 3.8) is 0 Å². The van der Waals surface area contributed by atoms with Crippen molar-refractivity contribution in [3.05, 3.63) is 34.9 Å². The fraction of sp³-hybridized carbons (Fsp3) is 0.500. The quantitative estimate of drug-likeness (QED) is 0.688. The molecule has 0 aliphatic rings. The largest absolute Gasteiger partial charge is 0.154 e. The molecule has 0 fully saturated rings. The molecule has 0 radical (unpaired) electrons. The SMILES string of the molecule is CSC(C)(C)c1cc(C)cc(C)c1. The molecule has 0 unspecified atom stereocenters. The Balaban J connectivity index is 3.15. The lowest BCUT2D eigenvalue weighted by Gasteiger charge is -2.23. The Morgan fingerprint density at radius 1 is 1.00 bits per heavy atom. The summed E-state index contributed by atoms with van der Waals surface area (Å²) >= 11 is 1.90. The smallest absolute Gasteiger partial charge is 0.0349 e. The Labute approximate surface area is 85.7 Å². The van der Waals surface area contributed by atoms with Crippen LogP contribution in [0.4, 0.5) is 0 Å². The van der Waals surface area contributed by atoms with Gasteiger partial charge in [0.1, 0.15) is 0 Å². The lowest BCUT2D eigenvalue weighted by molar-refractivity contribution is 0.783. The van der Waals surface area contributed by atoms with Gasteiger partial charge in [0.05, 0.1) is 0 Å². The summed E-state index contributed by atoms with van der Waals surface area (Å²) in [5.41, 5.74) is 4.15. The van der Waals surface area contributed by atoms with Crippen molar-refractivity contribution in [1.82, 2.24) is 0 Å². The summed E-state index contributed by atoms with van der Waals surface area (Å²) in [7, 11) is 0. The average Bonchev–Trinajstić information content (AvgIpc) is 2.02. The topological polar surface area (TPSA) is 0 Å². The first-order valence-electron chi connectivity index (χ1n) is 4.59. The molecule has 0 saturated heterocycles. The van der Waals surface area contributed by atoms with E-state index in [1.807, 2.05) is 11.8 Å². The third-order valence-electron chi connectivity index (χ3n) is 2.43. The highest BCUT2D eigenvalue weighted by molar-refractivity contribution is 7.99. The molecule has 0 aromatic heterocycles. The van der Waals surface area contributed by atoms with E-state index in [0.29, 0.717) is 0 Å². The summed E-state index contributed by atoms with van der Waals surface area (Å²) in [4.78, 5) is 0. The van der Waals surface area contributed by atoms with Crippen molar-refractivity contribution in [2.75, 3.05) is 6.26 Å². The van der Waals surface area contributed by atoms with Gasteiger partial charge in [-0.2, -0.15) is 11.8 Å². The lowest BCUT2D eigenvalue weighted by Crippen LogP contribution is -2.11. The van der Waals surface area contributed by atoms with E-state index in [2.05, 4.69) is 52.1 Å². The summed E-state index contributed by atoms with van der Waals surface area (Å²) in [5.74, 6) is 0. The summed E-state index contributed by atoms with van der Waals surface area (Å²) in [6.07, 6.45) is 2.16. The van der Waals surface area contributed by atoms with Crippen molar-refractivity contribution in [2.24, 2.45) is 0 Å². The Bertz CT molecular complexity index is 280. The highest BCUT2D eigenvalue weighted by Gasteiger charge is 2.18. The third-order valence-corrected chi connectivity index (χ3v) is 3.68. The van der Waals surface area contributed by atoms with Crippen LogP contribution in [0.5, 0.6) is 0 Å². The molecule has 0 amide bonds. The van der Waals surface area contributed by atoms with Crippen LogP contribution in [0, 0.1) is 13.8 Å². The van der Waals surface area contributed by atoms with Gasteiger partial charge >= 0.3 is 0 Å². The zero-order valence-electron chi connectivity index (χ0n) is 9.14. The van der Waals surface area contributed by atoms with E-state index in [9.17, 15) is 0 Å². The Hall–Kier alpha value is -0.430. The van der Waals surface area contributed by atoms with Crippen LogP contribution >= 0.6 is 11.8 Å². The third kappa shape index (κ3) is 2.50. The number of hydrogen-bond donors (Lipinski definition) is 0. The fourth-order valence-electron chi connectivity index (χ4n) is 1.44. The summed E-state index contributed by atoms with van der Waals surface area (Å²) in [5, 5.41) is 0. The average molecular weight is 194 g/mol. The van der Waals surface area contributed by atoms with Crippen molar-refractivity contribution in [2.45, 2.75) is 32.4 Å². The molecule has 72 valence electrons. The molecule has 1 rings (SSSR count). The van der Waals surface area contributed by atoms with Crippen LogP contribution in [0.15, 0.2) is 18.2 Å². The molecule has 0 atom stereocenters. The number of hydrogen-bond acceptors (Lipinski definition) is 1. The van der Waals surface area contributed by atoms with Gasteiger partial charge in [-0.25, -0.2) is 0 Å². The van der Waals surface area contributed by atoms with Crippen LogP contribution in [0.1, 0.15) is 30.5 Å². The minimum absolute atomic E-state index is 0.233. The second-order valence-corrected chi connectivity index (χ2v) is 5.52. The zero-order chi connectivity index (χ0) is 10.1. The number of benzene rings is 1. The van der Waals surface area contributed by atoms with Gasteiger partial charge < -0.3 is 0 Å². The van der Waals surface area contributed by atoms with E-state index in [4.69, 9.17) is 0 Å². The molecular weight excluding hydrogens is 176 g/mol. The van der Waals surface area contributed by atoms with Crippen molar-refractivity contribution in [3.8, 4) is 0 Å². The van der Waals surface area contributed by atoms with Crippen LogP contribution in [0.25, 0.3) is 0 Å². The molecule has 13 heavy (non-hydrogen) atoms. The highest BCUT2D eigenvalue weighted by Crippen LogP contribution is 2.34. The molecule has 0 nitrogen and oxygen atoms in total. The van der Waals surface area contributed by atoms with Gasteiger partial charge in [0.25, 0.3) is 0 Å². The standard InChI is InChI=1S/C12H18S/c1-9-6-10(2)8-11(7-9)12(3,4)13-5/h6-8H,1-5H3. The molecule has 1 aromatic carbocycles. The van der Waals surface area contributed by atoms with E-state index in [1.54, 1.807) is 0 Å². The molecule has 1 aromatic rings. The van der Waals surface area contributed by atoms with Gasteiger partial charge in [0.15, 0.2) is 0 Å². The second-order valence-electron chi connectivity index (χ2n) is 4.09. The molecule has 0 spiro atoms. The van der Waals surface area contributed by atoms with Crippen molar-refractivity contribution < 1.29 is 0 Å². The number of aryl methyl sites for hydroxylation is 2. The van der Waals surface area contributed by atoms with E-state index in [-0.39, 0.29) is 4.75 Å². The molecule has 1 heteroatoms. The van der Waals surface area contributed by atoms with Gasteiger partial charge in [-0.1, -0.05) is 29.3 Å². The first-order chi connectivity index (χ1) is 5.95. The first-order valence-corrected chi connectivity index (χ1v) is 5.82. The highest BCUT2D eigenvalue weighted by atomic mass is 32.2. The van der Waals surface area contributed by atoms with E-state index in [1.165, 1.54) is 16.7 Å². The molecule has 0 aliphatic heterocycles. The van der Waals surface area contributed by atoms with Crippen LogP contribution in [0.3, 0.4) is 0 Å². The van der Waals surface area contributed by atoms with Crippen LogP contribution in [-0.2, 0) is 4.75 Å². The molecular formula is C12H18S. The monoisotopic (exact) mass is 194 g/mol. The summed E-state index contributed by atoms with van der Waals surface area (Å²) in [6.45, 7) is 8.86. The molecule has 0 N–H and O–H groups in total.